The molecule has 0 bridgehead atoms. The lowest BCUT2D eigenvalue weighted by molar-refractivity contribution is 0.0926. The summed E-state index contributed by atoms with van der Waals surface area (Å²) in [6, 6.07) is 4.09. The zero-order chi connectivity index (χ0) is 21.1. The normalized spacial score (nSPS) is 11.6. The van der Waals surface area contributed by atoms with E-state index in [2.05, 4.69) is 40.0 Å². The van der Waals surface area contributed by atoms with Crippen LogP contribution in [-0.4, -0.2) is 33.5 Å². The van der Waals surface area contributed by atoms with Crippen LogP contribution in [0.15, 0.2) is 21.7 Å². The summed E-state index contributed by atoms with van der Waals surface area (Å²) in [6.07, 6.45) is 3.59. The van der Waals surface area contributed by atoms with E-state index in [9.17, 15) is 4.79 Å². The van der Waals surface area contributed by atoms with Gasteiger partial charge in [-0.25, -0.2) is 0 Å². The van der Waals surface area contributed by atoms with Crippen molar-refractivity contribution in [3.8, 4) is 0 Å². The minimum Gasteiger partial charge on any atom is -0.450 e. The molecule has 2 aromatic heterocycles. The number of aromatic nitrogens is 3. The predicted molar refractivity (Wildman–Crippen MR) is 118 cm³/mol. The van der Waals surface area contributed by atoms with Gasteiger partial charge in [-0.2, -0.15) is 0 Å². The van der Waals surface area contributed by atoms with Gasteiger partial charge in [-0.3, -0.25) is 4.79 Å². The molecule has 0 atom stereocenters. The van der Waals surface area contributed by atoms with E-state index in [1.807, 2.05) is 33.1 Å². The highest BCUT2D eigenvalue weighted by molar-refractivity contribution is 7.98. The van der Waals surface area contributed by atoms with Crippen molar-refractivity contribution >= 4 is 28.6 Å². The fourth-order valence-electron chi connectivity index (χ4n) is 3.62. The fraction of sp³-hybridized carbons (Fsp3) is 0.500. The molecule has 1 amide bonds. The van der Waals surface area contributed by atoms with Gasteiger partial charge in [0.1, 0.15) is 11.4 Å². The maximum Gasteiger partial charge on any atom is 0.287 e. The number of nitrogens with zero attached hydrogens (tertiary/aromatic N) is 3. The summed E-state index contributed by atoms with van der Waals surface area (Å²) in [4.78, 5) is 12.7. The summed E-state index contributed by atoms with van der Waals surface area (Å²) in [7, 11) is 0. The third-order valence-electron chi connectivity index (χ3n) is 5.08. The molecular weight excluding hydrogens is 384 g/mol. The highest BCUT2D eigenvalue weighted by Gasteiger charge is 2.20. The zero-order valence-electron chi connectivity index (χ0n) is 18.1. The topological polar surface area (TPSA) is 73.0 Å². The Morgan fingerprint density at radius 2 is 1.93 bits per heavy atom. The first kappa shape index (κ1) is 21.4. The van der Waals surface area contributed by atoms with Gasteiger partial charge in [0.25, 0.3) is 5.91 Å². The number of hydrogen-bond donors (Lipinski definition) is 1. The molecule has 3 rings (SSSR count). The van der Waals surface area contributed by atoms with E-state index in [1.54, 1.807) is 11.8 Å². The lowest BCUT2D eigenvalue weighted by atomic mass is 10.0. The van der Waals surface area contributed by atoms with Gasteiger partial charge >= 0.3 is 0 Å². The molecule has 0 saturated heterocycles. The fourth-order valence-corrected chi connectivity index (χ4v) is 4.15. The summed E-state index contributed by atoms with van der Waals surface area (Å²) in [5.41, 5.74) is 3.88. The Morgan fingerprint density at radius 3 is 2.59 bits per heavy atom. The number of fused-ring (bicyclic) bond motifs is 1. The molecule has 6 nitrogen and oxygen atoms in total. The minimum atomic E-state index is -0.161. The molecule has 0 aliphatic rings. The Hall–Kier alpha value is -2.28. The van der Waals surface area contributed by atoms with Crippen LogP contribution in [0.4, 0.5) is 0 Å². The maximum absolute atomic E-state index is 12.7. The first-order chi connectivity index (χ1) is 13.8. The molecule has 0 fully saturated rings. The van der Waals surface area contributed by atoms with Gasteiger partial charge in [-0.05, 0) is 50.5 Å². The van der Waals surface area contributed by atoms with Crippen LogP contribution in [0.2, 0.25) is 0 Å². The lowest BCUT2D eigenvalue weighted by Gasteiger charge is -2.11. The van der Waals surface area contributed by atoms with Crippen molar-refractivity contribution in [3.05, 3.63) is 40.4 Å². The number of hydrogen-bond acceptors (Lipinski definition) is 5. The molecule has 0 unspecified atom stereocenters. The molecule has 0 spiro atoms. The van der Waals surface area contributed by atoms with E-state index in [0.29, 0.717) is 18.2 Å². The number of amides is 1. The Labute approximate surface area is 176 Å². The third-order valence-corrected chi connectivity index (χ3v) is 5.74. The molecule has 3 aromatic rings. The van der Waals surface area contributed by atoms with Crippen molar-refractivity contribution in [3.63, 3.8) is 0 Å². The van der Waals surface area contributed by atoms with Crippen molar-refractivity contribution in [1.82, 2.24) is 20.1 Å². The summed E-state index contributed by atoms with van der Waals surface area (Å²) in [6.45, 7) is 11.8. The molecule has 0 saturated carbocycles. The largest absolute Gasteiger partial charge is 0.450 e. The van der Waals surface area contributed by atoms with Crippen LogP contribution in [0.3, 0.4) is 0 Å². The standard InChI is InChI=1S/C22H30N4O2S/c1-13(2)12-26-17(24-25-22(26)29-6)8-7-11-23-21(27)20-16(5)18-14(3)9-10-15(4)19(18)28-20/h9-10,13H,7-8,11-12H2,1-6H3,(H,23,27). The monoisotopic (exact) mass is 414 g/mol. The number of aryl methyl sites for hydroxylation is 4. The van der Waals surface area contributed by atoms with Gasteiger partial charge in [0.15, 0.2) is 10.9 Å². The van der Waals surface area contributed by atoms with Crippen LogP contribution in [0, 0.1) is 26.7 Å². The average molecular weight is 415 g/mol. The molecule has 1 N–H and O–H groups in total. The molecule has 7 heteroatoms. The maximum atomic E-state index is 12.7. The molecular formula is C22H30N4O2S. The van der Waals surface area contributed by atoms with Crippen molar-refractivity contribution in [1.29, 1.82) is 0 Å². The number of carbonyl (C=O) groups excluding carboxylic acids is 1. The predicted octanol–water partition coefficient (Wildman–Crippen LogP) is 4.69. The highest BCUT2D eigenvalue weighted by Crippen LogP contribution is 2.30. The molecule has 29 heavy (non-hydrogen) atoms. The molecule has 0 radical (unpaired) electrons. The first-order valence-corrected chi connectivity index (χ1v) is 11.3. The summed E-state index contributed by atoms with van der Waals surface area (Å²) >= 11 is 1.61. The second-order valence-corrected chi connectivity index (χ2v) is 8.70. The average Bonchev–Trinajstić information content (AvgIpc) is 3.23. The van der Waals surface area contributed by atoms with Crippen molar-refractivity contribution in [2.75, 3.05) is 12.8 Å². The van der Waals surface area contributed by atoms with Crippen LogP contribution in [0.5, 0.6) is 0 Å². The number of thioether (sulfide) groups is 1. The van der Waals surface area contributed by atoms with Crippen LogP contribution in [0.1, 0.15) is 53.3 Å². The highest BCUT2D eigenvalue weighted by atomic mass is 32.2. The molecule has 0 aliphatic heterocycles. The SMILES string of the molecule is CSc1nnc(CCCNC(=O)c2oc3c(C)ccc(C)c3c2C)n1CC(C)C. The molecule has 2 heterocycles. The summed E-state index contributed by atoms with van der Waals surface area (Å²) < 4.78 is 8.11. The van der Waals surface area contributed by atoms with Gasteiger partial charge in [0, 0.05) is 30.5 Å². The number of nitrogens with one attached hydrogen (secondary N) is 1. The van der Waals surface area contributed by atoms with Crippen LogP contribution in [0.25, 0.3) is 11.0 Å². The second-order valence-electron chi connectivity index (χ2n) is 7.93. The van der Waals surface area contributed by atoms with E-state index in [-0.39, 0.29) is 5.91 Å². The van der Waals surface area contributed by atoms with Crippen molar-refractivity contribution in [2.24, 2.45) is 5.92 Å². The van der Waals surface area contributed by atoms with Crippen molar-refractivity contribution in [2.45, 2.75) is 59.2 Å². The van der Waals surface area contributed by atoms with Gasteiger partial charge in [-0.15, -0.1) is 10.2 Å². The smallest absolute Gasteiger partial charge is 0.287 e. The Balaban J connectivity index is 1.64. The quantitative estimate of drug-likeness (QED) is 0.428. The van der Waals surface area contributed by atoms with Crippen LogP contribution in [-0.2, 0) is 13.0 Å². The molecule has 156 valence electrons. The second kappa shape index (κ2) is 9.03. The van der Waals surface area contributed by atoms with Gasteiger partial charge in [0.05, 0.1) is 0 Å². The van der Waals surface area contributed by atoms with E-state index in [0.717, 1.165) is 58.0 Å². The number of carbonyl (C=O) groups is 1. The number of rotatable bonds is 8. The first-order valence-electron chi connectivity index (χ1n) is 10.1. The summed E-state index contributed by atoms with van der Waals surface area (Å²) in [5, 5.41) is 13.6. The van der Waals surface area contributed by atoms with Gasteiger partial charge < -0.3 is 14.3 Å². The molecule has 0 aliphatic carbocycles. The van der Waals surface area contributed by atoms with Crippen molar-refractivity contribution < 1.29 is 9.21 Å². The van der Waals surface area contributed by atoms with Crippen LogP contribution < -0.4 is 5.32 Å². The van der Waals surface area contributed by atoms with E-state index in [4.69, 9.17) is 4.42 Å². The Morgan fingerprint density at radius 1 is 1.21 bits per heavy atom. The van der Waals surface area contributed by atoms with E-state index < -0.39 is 0 Å². The summed E-state index contributed by atoms with van der Waals surface area (Å²) in [5.74, 6) is 1.75. The molecule has 1 aromatic carbocycles. The Kier molecular flexibility index (Phi) is 6.67. The zero-order valence-corrected chi connectivity index (χ0v) is 18.9. The van der Waals surface area contributed by atoms with Gasteiger partial charge in [-0.1, -0.05) is 37.7 Å². The third kappa shape index (κ3) is 4.50. The minimum absolute atomic E-state index is 0.161. The van der Waals surface area contributed by atoms with E-state index in [1.165, 1.54) is 0 Å². The number of furan rings is 1. The number of benzene rings is 1. The van der Waals surface area contributed by atoms with Gasteiger partial charge in [0.2, 0.25) is 0 Å². The lowest BCUT2D eigenvalue weighted by Crippen LogP contribution is -2.25. The van der Waals surface area contributed by atoms with Crippen LogP contribution >= 0.6 is 11.8 Å². The van der Waals surface area contributed by atoms with E-state index >= 15 is 0 Å². The Bertz CT molecular complexity index is 1020.